The predicted octanol–water partition coefficient (Wildman–Crippen LogP) is 1.48. The zero-order valence-corrected chi connectivity index (χ0v) is 21.8. The summed E-state index contributed by atoms with van der Waals surface area (Å²) in [5, 5.41) is 33.0. The number of amides is 1. The highest BCUT2D eigenvalue weighted by molar-refractivity contribution is 6.28. The number of ketones is 2. The molecule has 0 saturated heterocycles. The van der Waals surface area contributed by atoms with E-state index in [0.717, 1.165) is 16.7 Å². The number of nitrogens with zero attached hydrogens (tertiary/aromatic N) is 2. The van der Waals surface area contributed by atoms with Crippen molar-refractivity contribution in [2.24, 2.45) is 23.5 Å². The molecule has 208 valence electrons. The number of Topliss-reactive ketones (excluding diaryl/α,β-unsaturated/α-hetero) is 2. The van der Waals surface area contributed by atoms with Gasteiger partial charge in [-0.3, -0.25) is 24.3 Å². The van der Waals surface area contributed by atoms with Crippen LogP contribution in [-0.2, 0) is 32.1 Å². The van der Waals surface area contributed by atoms with E-state index in [1.165, 1.54) is 6.07 Å². The maximum absolute atomic E-state index is 13.8. The number of pyridine rings is 1. The lowest BCUT2D eigenvalue weighted by atomic mass is 9.59. The number of carbonyl (C=O) groups excluding carboxylic acids is 3. The average molecular weight is 540 g/mol. The Morgan fingerprint density at radius 3 is 2.54 bits per heavy atom. The number of allylic oxidation sites excluding steroid dienone is 1. The van der Waals surface area contributed by atoms with Crippen LogP contribution in [0.5, 0.6) is 5.75 Å². The van der Waals surface area contributed by atoms with Gasteiger partial charge >= 0.3 is 0 Å². The number of carbonyl (C=O) groups is 3. The molecular formula is C28H33N3O8. The number of likely N-dealkylation sites (N-methyl/N-ethyl adjacent to an activating group) is 1. The van der Waals surface area contributed by atoms with Crippen molar-refractivity contribution in [1.82, 2.24) is 9.88 Å². The molecule has 5 rings (SSSR count). The molecule has 0 spiro atoms. The van der Waals surface area contributed by atoms with Gasteiger partial charge in [0.05, 0.1) is 24.1 Å². The number of nitrogens with two attached hydrogens (primary N) is 1. The first-order valence-corrected chi connectivity index (χ1v) is 12.3. The van der Waals surface area contributed by atoms with Gasteiger partial charge in [0.1, 0.15) is 22.8 Å². The van der Waals surface area contributed by atoms with Crippen molar-refractivity contribution >= 4 is 23.2 Å². The molecule has 0 aliphatic heterocycles. The van der Waals surface area contributed by atoms with E-state index in [9.17, 15) is 29.7 Å². The molecule has 39 heavy (non-hydrogen) atoms. The molecule has 1 heterocycles. The summed E-state index contributed by atoms with van der Waals surface area (Å²) in [6.07, 6.45) is 3.97. The van der Waals surface area contributed by atoms with Crippen LogP contribution in [0.15, 0.2) is 47.5 Å². The lowest BCUT2D eigenvalue weighted by Gasteiger charge is -2.46. The van der Waals surface area contributed by atoms with E-state index in [2.05, 4.69) is 4.98 Å². The van der Waals surface area contributed by atoms with Crippen LogP contribution in [0.25, 0.3) is 16.9 Å². The fourth-order valence-corrected chi connectivity index (χ4v) is 6.42. The van der Waals surface area contributed by atoms with Gasteiger partial charge in [-0.2, -0.15) is 0 Å². The Morgan fingerprint density at radius 1 is 1.18 bits per heavy atom. The molecule has 3 aliphatic rings. The number of hydrogen-bond donors (Lipinski definition) is 4. The Hall–Kier alpha value is -4.06. The summed E-state index contributed by atoms with van der Waals surface area (Å²) < 4.78 is 5.22. The van der Waals surface area contributed by atoms with Crippen molar-refractivity contribution < 1.29 is 41.3 Å². The Labute approximate surface area is 226 Å². The normalized spacial score (nSPS) is 24.2. The molecule has 4 atom stereocenters. The molecule has 0 radical (unpaired) electrons. The van der Waals surface area contributed by atoms with E-state index in [4.69, 9.17) is 10.5 Å². The summed E-state index contributed by atoms with van der Waals surface area (Å²) in [5.41, 5.74) is 8.02. The van der Waals surface area contributed by atoms with Gasteiger partial charge < -0.3 is 31.3 Å². The maximum Gasteiger partial charge on any atom is 0.255 e. The second-order valence-electron chi connectivity index (χ2n) is 10.3. The van der Waals surface area contributed by atoms with E-state index in [1.807, 2.05) is 6.07 Å². The van der Waals surface area contributed by atoms with Crippen molar-refractivity contribution in [3.05, 3.63) is 64.2 Å². The Morgan fingerprint density at radius 2 is 1.90 bits per heavy atom. The fraction of sp³-hybridized carbons (Fsp3) is 0.357. The van der Waals surface area contributed by atoms with Gasteiger partial charge in [0.15, 0.2) is 11.6 Å². The van der Waals surface area contributed by atoms with Gasteiger partial charge in [0.25, 0.3) is 5.91 Å². The van der Waals surface area contributed by atoms with Crippen molar-refractivity contribution in [1.29, 1.82) is 0 Å². The zero-order chi connectivity index (χ0) is 27.5. The summed E-state index contributed by atoms with van der Waals surface area (Å²) in [4.78, 5) is 45.1. The number of rotatable bonds is 5. The summed E-state index contributed by atoms with van der Waals surface area (Å²) in [6.45, 7) is 0.362. The highest BCUT2D eigenvalue weighted by atomic mass is 16.5. The van der Waals surface area contributed by atoms with E-state index >= 15 is 0 Å². The van der Waals surface area contributed by atoms with Crippen LogP contribution in [0.2, 0.25) is 0 Å². The zero-order valence-electron chi connectivity index (χ0n) is 21.8. The minimum atomic E-state index is -1.28. The van der Waals surface area contributed by atoms with Crippen LogP contribution in [0.1, 0.15) is 24.5 Å². The number of aromatic hydroxyl groups is 1. The number of phenols is 1. The van der Waals surface area contributed by atoms with Gasteiger partial charge in [0, 0.05) is 32.1 Å². The number of ether oxygens (including phenoxy) is 1. The highest BCUT2D eigenvalue weighted by Gasteiger charge is 2.55. The molecule has 2 aromatic rings. The van der Waals surface area contributed by atoms with Gasteiger partial charge in [-0.1, -0.05) is 6.07 Å². The Bertz CT molecular complexity index is 1450. The number of primary amides is 1. The standard InChI is InChI=1S/C28H29N3O7.H2O.H2/c1-31(2)23-17-8-13-7-16-15(14-6-12(11-38-3)9-30-10-14)4-5-18(32)20(16)24(33)19(13)25(34)21(17)26(35)22(27(23)36)28(29)37;;/h4-6,9-10,13,17,21,23,32-33,36H,7-8,11H2,1-3H3,(H2,29,37);1H2;1H/t13-,17?,21?,23-;;/m0../s1. The van der Waals surface area contributed by atoms with Crippen LogP contribution < -0.4 is 5.73 Å². The number of benzene rings is 1. The SMILES string of the molecule is COCc1cncc(-c2ccc(O)c3c2C[C@H]2CC4C(C(=O)C(C(N)=O)=C(O)[C@H]4N(C)C)C(=O)C2=C3O)c1.O.[HH]. The van der Waals surface area contributed by atoms with Crippen LogP contribution >= 0.6 is 0 Å². The molecule has 2 unspecified atom stereocenters. The van der Waals surface area contributed by atoms with Crippen LogP contribution in [0, 0.1) is 17.8 Å². The quantitative estimate of drug-likeness (QED) is 0.321. The largest absolute Gasteiger partial charge is 0.510 e. The first-order chi connectivity index (χ1) is 18.1. The number of aliphatic hydroxyl groups is 2. The predicted molar refractivity (Wildman–Crippen MR) is 142 cm³/mol. The third-order valence-electron chi connectivity index (χ3n) is 7.86. The first-order valence-electron chi connectivity index (χ1n) is 12.3. The van der Waals surface area contributed by atoms with E-state index < -0.39 is 52.6 Å². The van der Waals surface area contributed by atoms with Gasteiger partial charge in [0.2, 0.25) is 0 Å². The number of aromatic nitrogens is 1. The van der Waals surface area contributed by atoms with E-state index in [-0.39, 0.29) is 36.0 Å². The number of aliphatic hydroxyl groups excluding tert-OH is 2. The molecular weight excluding hydrogens is 506 g/mol. The second-order valence-corrected chi connectivity index (χ2v) is 10.3. The third kappa shape index (κ3) is 4.28. The average Bonchev–Trinajstić information content (AvgIpc) is 2.83. The molecule has 3 aliphatic carbocycles. The first kappa shape index (κ1) is 28.0. The van der Waals surface area contributed by atoms with E-state index in [1.54, 1.807) is 44.6 Å². The Balaban J connectivity index is 0.00000220. The van der Waals surface area contributed by atoms with Crippen molar-refractivity contribution in [3.8, 4) is 16.9 Å². The topological polar surface area (TPSA) is 195 Å². The van der Waals surface area contributed by atoms with Crippen LogP contribution in [0.3, 0.4) is 0 Å². The van der Waals surface area contributed by atoms with E-state index in [0.29, 0.717) is 18.6 Å². The lowest BCUT2D eigenvalue weighted by Crippen LogP contribution is -2.55. The monoisotopic (exact) mass is 539 g/mol. The summed E-state index contributed by atoms with van der Waals surface area (Å²) in [5.74, 6) is -5.98. The Kier molecular flexibility index (Phi) is 7.35. The molecule has 1 aromatic heterocycles. The van der Waals surface area contributed by atoms with Crippen molar-refractivity contribution in [2.45, 2.75) is 25.5 Å². The number of phenolic OH excluding ortho intramolecular Hbond substituents is 1. The molecule has 11 nitrogen and oxygen atoms in total. The molecule has 1 saturated carbocycles. The number of methoxy groups -OCH3 is 1. The van der Waals surface area contributed by atoms with Crippen LogP contribution in [-0.4, -0.2) is 75.4 Å². The smallest absolute Gasteiger partial charge is 0.255 e. The molecule has 7 N–H and O–H groups in total. The van der Waals surface area contributed by atoms with Crippen molar-refractivity contribution in [2.75, 3.05) is 21.2 Å². The minimum absolute atomic E-state index is 0. The highest BCUT2D eigenvalue weighted by Crippen LogP contribution is 2.51. The van der Waals surface area contributed by atoms with Gasteiger partial charge in [-0.05, 0) is 67.6 Å². The second kappa shape index (κ2) is 10.3. The summed E-state index contributed by atoms with van der Waals surface area (Å²) in [6, 6.07) is 4.32. The summed E-state index contributed by atoms with van der Waals surface area (Å²) in [7, 11) is 4.96. The molecule has 1 amide bonds. The third-order valence-corrected chi connectivity index (χ3v) is 7.86. The van der Waals surface area contributed by atoms with Crippen molar-refractivity contribution in [3.63, 3.8) is 0 Å². The van der Waals surface area contributed by atoms with Gasteiger partial charge in [-0.25, -0.2) is 0 Å². The number of fused-ring (bicyclic) bond motifs is 3. The van der Waals surface area contributed by atoms with Crippen LogP contribution in [0.4, 0.5) is 0 Å². The lowest BCUT2D eigenvalue weighted by molar-refractivity contribution is -0.136. The molecule has 11 heteroatoms. The fourth-order valence-electron chi connectivity index (χ4n) is 6.42. The minimum Gasteiger partial charge on any atom is -0.510 e. The number of hydrogen-bond acceptors (Lipinski definition) is 9. The van der Waals surface area contributed by atoms with Gasteiger partial charge in [-0.15, -0.1) is 0 Å². The maximum atomic E-state index is 13.8. The molecule has 1 aromatic carbocycles. The molecule has 1 fully saturated rings. The summed E-state index contributed by atoms with van der Waals surface area (Å²) >= 11 is 0. The molecule has 0 bridgehead atoms.